The van der Waals surface area contributed by atoms with Crippen LogP contribution in [0.3, 0.4) is 0 Å². The number of hydrogen-bond acceptors (Lipinski definition) is 4. The van der Waals surface area contributed by atoms with E-state index in [0.717, 1.165) is 15.3 Å². The van der Waals surface area contributed by atoms with Gasteiger partial charge in [-0.3, -0.25) is 4.79 Å². The largest absolute Gasteiger partial charge is 0.497 e. The van der Waals surface area contributed by atoms with E-state index in [1.165, 1.54) is 29.5 Å². The van der Waals surface area contributed by atoms with Crippen LogP contribution in [0.2, 0.25) is 0 Å². The Labute approximate surface area is 160 Å². The molecule has 6 heteroatoms. The summed E-state index contributed by atoms with van der Waals surface area (Å²) in [4.78, 5) is 14.0. The molecule has 0 aliphatic carbocycles. The molecule has 3 rings (SSSR count). The summed E-state index contributed by atoms with van der Waals surface area (Å²) >= 11 is 1.42. The van der Waals surface area contributed by atoms with Gasteiger partial charge in [-0.25, -0.2) is 4.39 Å². The van der Waals surface area contributed by atoms with Gasteiger partial charge in [0.1, 0.15) is 23.2 Å². The van der Waals surface area contributed by atoms with Crippen molar-refractivity contribution >= 4 is 29.0 Å². The van der Waals surface area contributed by atoms with E-state index in [4.69, 9.17) is 4.74 Å². The first-order valence-corrected chi connectivity index (χ1v) is 8.83. The molecule has 0 saturated heterocycles. The molecule has 2 aromatic carbocycles. The SMILES string of the molecule is COc1ccc(NC(=O)/C(C#N)=C/c2ccc(-c3ccc(F)cc3)s2)cc1. The molecule has 0 unspecified atom stereocenters. The molecule has 1 aromatic heterocycles. The molecule has 0 aliphatic heterocycles. The minimum absolute atomic E-state index is 0.00155. The van der Waals surface area contributed by atoms with Crippen molar-refractivity contribution in [2.45, 2.75) is 0 Å². The highest BCUT2D eigenvalue weighted by atomic mass is 32.1. The number of thiophene rings is 1. The minimum Gasteiger partial charge on any atom is -0.497 e. The lowest BCUT2D eigenvalue weighted by molar-refractivity contribution is -0.112. The second-order valence-corrected chi connectivity index (χ2v) is 6.68. The van der Waals surface area contributed by atoms with Crippen LogP contribution in [0.5, 0.6) is 5.75 Å². The van der Waals surface area contributed by atoms with E-state index in [-0.39, 0.29) is 11.4 Å². The maximum Gasteiger partial charge on any atom is 0.266 e. The smallest absolute Gasteiger partial charge is 0.266 e. The number of carbonyl (C=O) groups is 1. The molecule has 0 bridgehead atoms. The Morgan fingerprint density at radius 3 is 2.44 bits per heavy atom. The molecule has 3 aromatic rings. The van der Waals surface area contributed by atoms with Gasteiger partial charge in [-0.15, -0.1) is 11.3 Å². The number of ether oxygens (including phenoxy) is 1. The first-order valence-electron chi connectivity index (χ1n) is 8.02. The number of rotatable bonds is 5. The predicted molar refractivity (Wildman–Crippen MR) is 105 cm³/mol. The summed E-state index contributed by atoms with van der Waals surface area (Å²) in [5, 5.41) is 12.0. The van der Waals surface area contributed by atoms with E-state index >= 15 is 0 Å². The zero-order chi connectivity index (χ0) is 19.2. The summed E-state index contributed by atoms with van der Waals surface area (Å²) in [6, 6.07) is 18.6. The van der Waals surface area contributed by atoms with Gasteiger partial charge in [0.25, 0.3) is 5.91 Å². The number of benzene rings is 2. The van der Waals surface area contributed by atoms with Gasteiger partial charge in [0.2, 0.25) is 0 Å². The highest BCUT2D eigenvalue weighted by molar-refractivity contribution is 7.16. The molecule has 0 aliphatic rings. The van der Waals surface area contributed by atoms with Crippen LogP contribution >= 0.6 is 11.3 Å². The zero-order valence-corrected chi connectivity index (χ0v) is 15.2. The number of anilines is 1. The minimum atomic E-state index is -0.487. The van der Waals surface area contributed by atoms with Crippen molar-refractivity contribution in [2.24, 2.45) is 0 Å². The van der Waals surface area contributed by atoms with Crippen LogP contribution in [0.1, 0.15) is 4.88 Å². The van der Waals surface area contributed by atoms with Gasteiger partial charge in [0, 0.05) is 15.4 Å². The van der Waals surface area contributed by atoms with Crippen LogP contribution < -0.4 is 10.1 Å². The molecule has 0 atom stereocenters. The Kier molecular flexibility index (Phi) is 5.64. The van der Waals surface area contributed by atoms with Gasteiger partial charge in [0.15, 0.2) is 0 Å². The normalized spacial score (nSPS) is 10.9. The number of carbonyl (C=O) groups excluding carboxylic acids is 1. The molecule has 134 valence electrons. The molecule has 1 N–H and O–H groups in total. The summed E-state index contributed by atoms with van der Waals surface area (Å²) in [6.45, 7) is 0. The second-order valence-electron chi connectivity index (χ2n) is 5.56. The molecule has 27 heavy (non-hydrogen) atoms. The summed E-state index contributed by atoms with van der Waals surface area (Å²) < 4.78 is 18.1. The Hall–Kier alpha value is -3.43. The maximum absolute atomic E-state index is 13.0. The molecular weight excluding hydrogens is 363 g/mol. The Morgan fingerprint density at radius 2 is 1.81 bits per heavy atom. The summed E-state index contributed by atoms with van der Waals surface area (Å²) in [5.74, 6) is -0.104. The topological polar surface area (TPSA) is 62.1 Å². The third-order valence-electron chi connectivity index (χ3n) is 3.76. The average molecular weight is 378 g/mol. The van der Waals surface area contributed by atoms with E-state index in [0.29, 0.717) is 11.4 Å². The molecule has 0 fully saturated rings. The molecule has 4 nitrogen and oxygen atoms in total. The highest BCUT2D eigenvalue weighted by Crippen LogP contribution is 2.29. The molecule has 1 heterocycles. The van der Waals surface area contributed by atoms with Crippen molar-refractivity contribution in [2.75, 3.05) is 12.4 Å². The molecule has 1 amide bonds. The van der Waals surface area contributed by atoms with Gasteiger partial charge in [-0.2, -0.15) is 5.26 Å². The lowest BCUT2D eigenvalue weighted by atomic mass is 10.2. The number of nitrogens with zero attached hydrogens (tertiary/aromatic N) is 1. The van der Waals surface area contributed by atoms with Crippen molar-refractivity contribution in [3.63, 3.8) is 0 Å². The fourth-order valence-electron chi connectivity index (χ4n) is 2.36. The summed E-state index contributed by atoms with van der Waals surface area (Å²) in [5.41, 5.74) is 1.45. The predicted octanol–water partition coefficient (Wildman–Crippen LogP) is 5.11. The van der Waals surface area contributed by atoms with Crippen LogP contribution in [-0.4, -0.2) is 13.0 Å². The maximum atomic E-state index is 13.0. The van der Waals surface area contributed by atoms with Gasteiger partial charge < -0.3 is 10.1 Å². The lowest BCUT2D eigenvalue weighted by Crippen LogP contribution is -2.13. The van der Waals surface area contributed by atoms with Gasteiger partial charge >= 0.3 is 0 Å². The number of hydrogen-bond donors (Lipinski definition) is 1. The molecular formula is C21H15FN2O2S. The molecule has 0 radical (unpaired) electrons. The van der Waals surface area contributed by atoms with Gasteiger partial charge in [-0.05, 0) is 60.2 Å². The second kappa shape index (κ2) is 8.30. The Bertz CT molecular complexity index is 1020. The molecule has 0 saturated carbocycles. The fraction of sp³-hybridized carbons (Fsp3) is 0.0476. The Morgan fingerprint density at radius 1 is 1.11 bits per heavy atom. The number of halogens is 1. The van der Waals surface area contributed by atoms with Crippen molar-refractivity contribution in [1.82, 2.24) is 0 Å². The Balaban J connectivity index is 1.76. The van der Waals surface area contributed by atoms with Crippen LogP contribution in [0.15, 0.2) is 66.2 Å². The number of amides is 1. The van der Waals surface area contributed by atoms with E-state index < -0.39 is 5.91 Å². The first-order chi connectivity index (χ1) is 13.1. The number of nitriles is 1. The third-order valence-corrected chi connectivity index (χ3v) is 4.84. The standard InChI is InChI=1S/C21H15FN2O2S/c1-26-18-8-6-17(7-9-18)24-21(25)15(13-23)12-19-10-11-20(27-19)14-2-4-16(22)5-3-14/h2-12H,1H3,(H,24,25)/b15-12+. The van der Waals surface area contributed by atoms with Crippen LogP contribution in [0, 0.1) is 17.1 Å². The first kappa shape index (κ1) is 18.4. The van der Waals surface area contributed by atoms with Crippen molar-refractivity contribution in [3.05, 3.63) is 76.9 Å². The van der Waals surface area contributed by atoms with E-state index in [1.807, 2.05) is 18.2 Å². The van der Waals surface area contributed by atoms with Crippen LogP contribution in [0.4, 0.5) is 10.1 Å². The van der Waals surface area contributed by atoms with Crippen LogP contribution in [0.25, 0.3) is 16.5 Å². The highest BCUT2D eigenvalue weighted by Gasteiger charge is 2.11. The third kappa shape index (κ3) is 4.60. The van der Waals surface area contributed by atoms with Gasteiger partial charge in [0.05, 0.1) is 7.11 Å². The zero-order valence-electron chi connectivity index (χ0n) is 14.4. The van der Waals surface area contributed by atoms with Gasteiger partial charge in [-0.1, -0.05) is 12.1 Å². The molecule has 0 spiro atoms. The van der Waals surface area contributed by atoms with Crippen molar-refractivity contribution < 1.29 is 13.9 Å². The van der Waals surface area contributed by atoms with Crippen molar-refractivity contribution in [1.29, 1.82) is 5.26 Å². The van der Waals surface area contributed by atoms with E-state index in [2.05, 4.69) is 5.32 Å². The summed E-state index contributed by atoms with van der Waals surface area (Å²) in [6.07, 6.45) is 1.54. The monoisotopic (exact) mass is 378 g/mol. The van der Waals surface area contributed by atoms with E-state index in [9.17, 15) is 14.4 Å². The number of methoxy groups -OCH3 is 1. The fourth-order valence-corrected chi connectivity index (χ4v) is 3.32. The van der Waals surface area contributed by atoms with E-state index in [1.54, 1.807) is 43.5 Å². The number of nitrogens with one attached hydrogen (secondary N) is 1. The quantitative estimate of drug-likeness (QED) is 0.496. The average Bonchev–Trinajstić information content (AvgIpc) is 3.16. The van der Waals surface area contributed by atoms with Crippen molar-refractivity contribution in [3.8, 4) is 22.3 Å². The van der Waals surface area contributed by atoms with Crippen LogP contribution in [-0.2, 0) is 4.79 Å². The lowest BCUT2D eigenvalue weighted by Gasteiger charge is -2.05. The summed E-state index contributed by atoms with van der Waals surface area (Å²) in [7, 11) is 1.56.